The smallest absolute Gasteiger partial charge is 0.271 e. The van der Waals surface area contributed by atoms with Crippen LogP contribution in [0.15, 0.2) is 23.6 Å². The van der Waals surface area contributed by atoms with Gasteiger partial charge in [0.15, 0.2) is 0 Å². The fourth-order valence-electron chi connectivity index (χ4n) is 2.86. The van der Waals surface area contributed by atoms with Crippen LogP contribution < -0.4 is 5.32 Å². The Balaban J connectivity index is 1.57. The standard InChI is InChI=1S/C18H14Cl2F2N4O2S/c19-12-2-1-10(3-13(12)20)4-15-25-14(8-29-15)17(28)24-7-16(27)26-9-18(21,22)5-11(26)6-23/h1-3,8,11H,4-5,7,9H2,(H,24,28)/t11-/m0/s1. The van der Waals surface area contributed by atoms with Gasteiger partial charge < -0.3 is 10.2 Å². The van der Waals surface area contributed by atoms with Crippen molar-refractivity contribution in [2.45, 2.75) is 24.8 Å². The normalized spacial score (nSPS) is 17.8. The number of carbonyl (C=O) groups is 2. The topological polar surface area (TPSA) is 86.1 Å². The molecule has 1 aliphatic heterocycles. The first-order valence-corrected chi connectivity index (χ1v) is 10.1. The van der Waals surface area contributed by atoms with Crippen LogP contribution in [0.1, 0.15) is 27.5 Å². The average Bonchev–Trinajstić information content (AvgIpc) is 3.26. The Morgan fingerprint density at radius 1 is 1.38 bits per heavy atom. The van der Waals surface area contributed by atoms with Gasteiger partial charge in [0, 0.05) is 18.2 Å². The molecule has 2 amide bonds. The number of rotatable bonds is 5. The number of amides is 2. The summed E-state index contributed by atoms with van der Waals surface area (Å²) in [6.45, 7) is -1.32. The van der Waals surface area contributed by atoms with Crippen molar-refractivity contribution < 1.29 is 18.4 Å². The molecule has 2 heterocycles. The third-order valence-electron chi connectivity index (χ3n) is 4.26. The largest absolute Gasteiger partial charge is 0.342 e. The number of benzene rings is 1. The van der Waals surface area contributed by atoms with Crippen LogP contribution in [0.25, 0.3) is 0 Å². The molecule has 3 rings (SSSR count). The second-order valence-corrected chi connectivity index (χ2v) is 8.22. The molecule has 0 saturated carbocycles. The zero-order valence-electron chi connectivity index (χ0n) is 14.8. The molecule has 1 N–H and O–H groups in total. The van der Waals surface area contributed by atoms with E-state index in [2.05, 4.69) is 10.3 Å². The fraction of sp³-hybridized carbons (Fsp3) is 0.333. The first-order chi connectivity index (χ1) is 13.7. The molecule has 0 bridgehead atoms. The number of nitriles is 1. The van der Waals surface area contributed by atoms with E-state index in [9.17, 15) is 18.4 Å². The average molecular weight is 459 g/mol. The summed E-state index contributed by atoms with van der Waals surface area (Å²) in [4.78, 5) is 29.4. The van der Waals surface area contributed by atoms with Crippen LogP contribution in [0.3, 0.4) is 0 Å². The van der Waals surface area contributed by atoms with Crippen molar-refractivity contribution in [3.63, 3.8) is 0 Å². The van der Waals surface area contributed by atoms with Crippen molar-refractivity contribution in [3.05, 3.63) is 49.9 Å². The monoisotopic (exact) mass is 458 g/mol. The second-order valence-electron chi connectivity index (χ2n) is 6.46. The molecular weight excluding hydrogens is 445 g/mol. The van der Waals surface area contributed by atoms with E-state index in [1.165, 1.54) is 16.7 Å². The quantitative estimate of drug-likeness (QED) is 0.742. The van der Waals surface area contributed by atoms with E-state index in [-0.39, 0.29) is 5.69 Å². The van der Waals surface area contributed by atoms with Gasteiger partial charge in [-0.05, 0) is 17.7 Å². The minimum Gasteiger partial charge on any atom is -0.342 e. The molecule has 0 unspecified atom stereocenters. The van der Waals surface area contributed by atoms with Gasteiger partial charge in [-0.15, -0.1) is 11.3 Å². The molecule has 1 aliphatic rings. The van der Waals surface area contributed by atoms with Crippen molar-refractivity contribution in [1.82, 2.24) is 15.2 Å². The molecular formula is C18H14Cl2F2N4O2S. The molecule has 6 nitrogen and oxygen atoms in total. The van der Waals surface area contributed by atoms with E-state index in [4.69, 9.17) is 28.5 Å². The Morgan fingerprint density at radius 3 is 2.83 bits per heavy atom. The highest BCUT2D eigenvalue weighted by molar-refractivity contribution is 7.09. The van der Waals surface area contributed by atoms with Gasteiger partial charge in [-0.2, -0.15) is 5.26 Å². The summed E-state index contributed by atoms with van der Waals surface area (Å²) in [6, 6.07) is 5.66. The van der Waals surface area contributed by atoms with E-state index in [1.807, 2.05) is 0 Å². The third-order valence-corrected chi connectivity index (χ3v) is 5.85. The number of likely N-dealkylation sites (tertiary alicyclic amines) is 1. The Labute approximate surface area is 179 Å². The third kappa shape index (κ3) is 5.21. The number of hydrogen-bond acceptors (Lipinski definition) is 5. The molecule has 11 heteroatoms. The minimum absolute atomic E-state index is 0.112. The molecule has 1 fully saturated rings. The van der Waals surface area contributed by atoms with Gasteiger partial charge in [0.25, 0.3) is 11.8 Å². The van der Waals surface area contributed by atoms with Gasteiger partial charge in [-0.25, -0.2) is 13.8 Å². The summed E-state index contributed by atoms with van der Waals surface area (Å²) in [5, 5.41) is 14.4. The van der Waals surface area contributed by atoms with Crippen molar-refractivity contribution in [1.29, 1.82) is 5.26 Å². The molecule has 152 valence electrons. The summed E-state index contributed by atoms with van der Waals surface area (Å²) < 4.78 is 26.9. The highest BCUT2D eigenvalue weighted by atomic mass is 35.5. The van der Waals surface area contributed by atoms with Gasteiger partial charge in [0.05, 0.1) is 34.2 Å². The van der Waals surface area contributed by atoms with Gasteiger partial charge in [-0.1, -0.05) is 29.3 Å². The van der Waals surface area contributed by atoms with E-state index in [0.29, 0.717) is 21.5 Å². The highest BCUT2D eigenvalue weighted by Gasteiger charge is 2.47. The van der Waals surface area contributed by atoms with Gasteiger partial charge >= 0.3 is 0 Å². The summed E-state index contributed by atoms with van der Waals surface area (Å²) in [6.07, 6.45) is -0.256. The van der Waals surface area contributed by atoms with E-state index < -0.39 is 43.3 Å². The summed E-state index contributed by atoms with van der Waals surface area (Å²) in [5.74, 6) is -4.45. The van der Waals surface area contributed by atoms with E-state index >= 15 is 0 Å². The number of halogens is 4. The lowest BCUT2D eigenvalue weighted by molar-refractivity contribution is -0.131. The Bertz CT molecular complexity index is 992. The minimum atomic E-state index is -3.10. The van der Waals surface area contributed by atoms with Gasteiger partial charge in [-0.3, -0.25) is 9.59 Å². The highest BCUT2D eigenvalue weighted by Crippen LogP contribution is 2.31. The maximum Gasteiger partial charge on any atom is 0.271 e. The van der Waals surface area contributed by atoms with Crippen molar-refractivity contribution in [3.8, 4) is 6.07 Å². The number of thiazole rings is 1. The van der Waals surface area contributed by atoms with Crippen molar-refractivity contribution in [2.24, 2.45) is 0 Å². The Hall–Kier alpha value is -2.28. The van der Waals surface area contributed by atoms with Crippen LogP contribution in [0.4, 0.5) is 8.78 Å². The van der Waals surface area contributed by atoms with Crippen molar-refractivity contribution in [2.75, 3.05) is 13.1 Å². The number of aromatic nitrogens is 1. The predicted octanol–water partition coefficient (Wildman–Crippen LogP) is 3.53. The summed E-state index contributed by atoms with van der Waals surface area (Å²) in [5.41, 5.74) is 0.981. The maximum absolute atomic E-state index is 13.4. The van der Waals surface area contributed by atoms with Gasteiger partial charge in [0.2, 0.25) is 5.91 Å². The van der Waals surface area contributed by atoms with Gasteiger partial charge in [0.1, 0.15) is 11.7 Å². The molecule has 0 aliphatic carbocycles. The lowest BCUT2D eigenvalue weighted by Gasteiger charge is -2.19. The fourth-order valence-corrected chi connectivity index (χ4v) is 3.99. The van der Waals surface area contributed by atoms with Crippen LogP contribution in [-0.4, -0.2) is 46.8 Å². The van der Waals surface area contributed by atoms with Crippen LogP contribution in [-0.2, 0) is 11.2 Å². The second kappa shape index (κ2) is 8.61. The number of nitrogens with zero attached hydrogens (tertiary/aromatic N) is 3. The molecule has 1 atom stereocenters. The van der Waals surface area contributed by atoms with E-state index in [0.717, 1.165) is 10.5 Å². The van der Waals surface area contributed by atoms with Crippen LogP contribution in [0, 0.1) is 11.3 Å². The predicted molar refractivity (Wildman–Crippen MR) is 104 cm³/mol. The Morgan fingerprint density at radius 2 is 2.14 bits per heavy atom. The van der Waals surface area contributed by atoms with E-state index in [1.54, 1.807) is 24.3 Å². The molecule has 29 heavy (non-hydrogen) atoms. The lowest BCUT2D eigenvalue weighted by atomic mass is 10.2. The Kier molecular flexibility index (Phi) is 6.36. The molecule has 1 saturated heterocycles. The number of alkyl halides is 2. The number of nitrogens with one attached hydrogen (secondary N) is 1. The van der Waals surface area contributed by atoms with Crippen LogP contribution >= 0.6 is 34.5 Å². The van der Waals surface area contributed by atoms with Crippen LogP contribution in [0.5, 0.6) is 0 Å². The summed E-state index contributed by atoms with van der Waals surface area (Å²) >= 11 is 13.1. The molecule has 1 aromatic carbocycles. The van der Waals surface area contributed by atoms with Crippen molar-refractivity contribution >= 4 is 46.4 Å². The zero-order chi connectivity index (χ0) is 21.2. The van der Waals surface area contributed by atoms with Crippen LogP contribution in [0.2, 0.25) is 10.0 Å². The zero-order valence-corrected chi connectivity index (χ0v) is 17.1. The first kappa shape index (κ1) is 21.4. The molecule has 2 aromatic rings. The maximum atomic E-state index is 13.4. The molecule has 0 radical (unpaired) electrons. The molecule has 1 aromatic heterocycles. The molecule has 0 spiro atoms. The number of carbonyl (C=O) groups excluding carboxylic acids is 2. The lowest BCUT2D eigenvalue weighted by Crippen LogP contribution is -2.43. The SMILES string of the molecule is N#C[C@@H]1CC(F)(F)CN1C(=O)CNC(=O)c1csc(Cc2ccc(Cl)c(Cl)c2)n1. The number of hydrogen-bond donors (Lipinski definition) is 1. The summed E-state index contributed by atoms with van der Waals surface area (Å²) in [7, 11) is 0. The first-order valence-electron chi connectivity index (χ1n) is 8.42.